The molecule has 13 heavy (non-hydrogen) atoms. The lowest BCUT2D eigenvalue weighted by molar-refractivity contribution is -0.458. The number of nitrogens with zero attached hydrogens (tertiary/aromatic N) is 2. The second-order valence-electron chi connectivity index (χ2n) is 2.40. The molecule has 0 aromatic carbocycles. The van der Waals surface area contributed by atoms with Crippen LogP contribution in [0.5, 0.6) is 0 Å². The van der Waals surface area contributed by atoms with E-state index in [2.05, 4.69) is 35.1 Å². The van der Waals surface area contributed by atoms with Crippen molar-refractivity contribution in [3.05, 3.63) is 12.4 Å². The molecule has 0 aromatic rings. The van der Waals surface area contributed by atoms with Gasteiger partial charge in [0.25, 0.3) is 0 Å². The molecule has 6 nitrogen and oxygen atoms in total. The molecule has 1 rings (SSSR count). The number of hydrogen-bond acceptors (Lipinski definition) is 4. The van der Waals surface area contributed by atoms with Gasteiger partial charge in [0.2, 0.25) is 17.1 Å². The molecule has 0 amide bonds. The smallest absolute Gasteiger partial charge is 0.223 e. The van der Waals surface area contributed by atoms with E-state index in [0.717, 1.165) is 6.67 Å². The summed E-state index contributed by atoms with van der Waals surface area (Å²) in [6, 6.07) is 0. The first-order valence-electron chi connectivity index (χ1n) is 3.45. The molecule has 0 fully saturated rings. The first-order valence-corrected chi connectivity index (χ1v) is 4.81. The molecular formula is C6H12N2O4S. The van der Waals surface area contributed by atoms with Crippen LogP contribution in [0.3, 0.4) is 0 Å². The Morgan fingerprint density at radius 3 is 2.31 bits per heavy atom. The predicted molar refractivity (Wildman–Crippen MR) is 46.1 cm³/mol. The Kier molecular flexibility index (Phi) is 4.60. The fourth-order valence-electron chi connectivity index (χ4n) is 0.719. The van der Waals surface area contributed by atoms with E-state index in [9.17, 15) is 0 Å². The highest BCUT2D eigenvalue weighted by atomic mass is 32.3. The molecule has 1 heterocycles. The van der Waals surface area contributed by atoms with Crippen molar-refractivity contribution in [3.8, 4) is 0 Å². The fraction of sp³-hybridized carbons (Fsp3) is 0.500. The zero-order valence-electron chi connectivity index (χ0n) is 7.41. The Hall–Kier alpha value is -0.920. The lowest BCUT2D eigenvalue weighted by Gasteiger charge is -1.98. The van der Waals surface area contributed by atoms with Crippen molar-refractivity contribution < 1.29 is 22.1 Å². The maximum atomic E-state index is 8.63. The van der Waals surface area contributed by atoms with Crippen LogP contribution in [-0.2, 0) is 10.4 Å². The molecule has 0 bridgehead atoms. The molecular weight excluding hydrogens is 196 g/mol. The molecule has 1 aliphatic rings. The van der Waals surface area contributed by atoms with Crippen molar-refractivity contribution in [1.82, 2.24) is 4.90 Å². The number of rotatable bonds is 0. The minimum absolute atomic E-state index is 0.997. The van der Waals surface area contributed by atoms with E-state index >= 15 is 0 Å². The average molecular weight is 208 g/mol. The van der Waals surface area contributed by atoms with Crippen molar-refractivity contribution in [2.45, 2.75) is 6.92 Å². The van der Waals surface area contributed by atoms with E-state index in [4.69, 9.17) is 17.5 Å². The monoisotopic (exact) mass is 208 g/mol. The average Bonchev–Trinajstić information content (AvgIpc) is 2.31. The van der Waals surface area contributed by atoms with E-state index in [1.807, 2.05) is 6.92 Å². The molecule has 1 aliphatic heterocycles. The van der Waals surface area contributed by atoms with Gasteiger partial charge in [0.15, 0.2) is 6.20 Å². The fourth-order valence-corrected chi connectivity index (χ4v) is 0.719. The van der Waals surface area contributed by atoms with E-state index in [0.29, 0.717) is 0 Å². The van der Waals surface area contributed by atoms with Crippen LogP contribution in [0.4, 0.5) is 0 Å². The van der Waals surface area contributed by atoms with Gasteiger partial charge >= 0.3 is 0 Å². The van der Waals surface area contributed by atoms with Crippen molar-refractivity contribution in [2.24, 2.45) is 0 Å². The van der Waals surface area contributed by atoms with Gasteiger partial charge in [-0.05, 0) is 0 Å². The van der Waals surface area contributed by atoms with Crippen molar-refractivity contribution in [3.63, 3.8) is 0 Å². The first kappa shape index (κ1) is 12.1. The minimum Gasteiger partial charge on any atom is -0.726 e. The minimum atomic E-state index is -4.92. The highest BCUT2D eigenvalue weighted by Crippen LogP contribution is 1.94. The third-order valence-electron chi connectivity index (χ3n) is 1.23. The van der Waals surface area contributed by atoms with Gasteiger partial charge in [-0.3, -0.25) is 4.55 Å². The van der Waals surface area contributed by atoms with Gasteiger partial charge < -0.3 is 9.45 Å². The lowest BCUT2D eigenvalue weighted by atomic mass is 10.8. The standard InChI is InChI=1S/C6H11N2.H2O4S/c1-3-8-5-4-7(2)6-8;1-5(2,3)4/h3-5H,6H2,1-2H3;(H2,1,2,3,4)/q+1;/p-1. The maximum Gasteiger partial charge on any atom is 0.223 e. The molecule has 0 aromatic heterocycles. The van der Waals surface area contributed by atoms with Gasteiger partial charge in [0.1, 0.15) is 6.21 Å². The van der Waals surface area contributed by atoms with Crippen LogP contribution in [-0.4, -0.2) is 46.9 Å². The highest BCUT2D eigenvalue weighted by Gasteiger charge is 2.07. The summed E-state index contributed by atoms with van der Waals surface area (Å²) in [5, 5.41) is 0. The Bertz CT molecular complexity index is 299. The van der Waals surface area contributed by atoms with Crippen LogP contribution in [0.1, 0.15) is 6.92 Å². The Labute approximate surface area is 77.4 Å². The Morgan fingerprint density at radius 1 is 1.69 bits per heavy atom. The number of hydrogen-bond donors (Lipinski definition) is 1. The molecule has 76 valence electrons. The summed E-state index contributed by atoms with van der Waals surface area (Å²) in [6.07, 6.45) is 6.17. The van der Waals surface area contributed by atoms with Crippen molar-refractivity contribution >= 4 is 16.6 Å². The van der Waals surface area contributed by atoms with E-state index in [1.165, 1.54) is 0 Å². The van der Waals surface area contributed by atoms with Crippen LogP contribution in [0.25, 0.3) is 0 Å². The zero-order chi connectivity index (χ0) is 10.5. The molecule has 0 radical (unpaired) electrons. The van der Waals surface area contributed by atoms with Gasteiger partial charge in [-0.15, -0.1) is 0 Å². The third-order valence-corrected chi connectivity index (χ3v) is 1.23. The summed E-state index contributed by atoms with van der Waals surface area (Å²) < 4.78 is 35.0. The lowest BCUT2D eigenvalue weighted by Crippen LogP contribution is -2.14. The maximum absolute atomic E-state index is 8.63. The summed E-state index contributed by atoms with van der Waals surface area (Å²) in [6.45, 7) is 3.03. The molecule has 1 N–H and O–H groups in total. The van der Waals surface area contributed by atoms with Crippen LogP contribution in [0.15, 0.2) is 12.4 Å². The van der Waals surface area contributed by atoms with Crippen LogP contribution < -0.4 is 0 Å². The first-order chi connectivity index (χ1) is 5.83. The van der Waals surface area contributed by atoms with Gasteiger partial charge in [0.05, 0.1) is 6.20 Å². The molecule has 7 heteroatoms. The Balaban J connectivity index is 0.000000252. The Morgan fingerprint density at radius 2 is 2.15 bits per heavy atom. The highest BCUT2D eigenvalue weighted by molar-refractivity contribution is 7.79. The summed E-state index contributed by atoms with van der Waals surface area (Å²) in [5.41, 5.74) is 0. The molecule has 0 unspecified atom stereocenters. The summed E-state index contributed by atoms with van der Waals surface area (Å²) >= 11 is 0. The van der Waals surface area contributed by atoms with Gasteiger partial charge in [-0.25, -0.2) is 8.42 Å². The summed E-state index contributed by atoms with van der Waals surface area (Å²) in [4.78, 5) is 2.12. The third kappa shape index (κ3) is 8.99. The molecule has 0 spiro atoms. The van der Waals surface area contributed by atoms with E-state index < -0.39 is 10.4 Å². The molecule has 0 aliphatic carbocycles. The largest absolute Gasteiger partial charge is 0.726 e. The van der Waals surface area contributed by atoms with Gasteiger partial charge in [-0.2, -0.15) is 4.58 Å². The summed E-state index contributed by atoms with van der Waals surface area (Å²) in [5.74, 6) is 0. The van der Waals surface area contributed by atoms with E-state index in [-0.39, 0.29) is 0 Å². The van der Waals surface area contributed by atoms with E-state index in [1.54, 1.807) is 0 Å². The van der Waals surface area contributed by atoms with Crippen LogP contribution in [0.2, 0.25) is 0 Å². The van der Waals surface area contributed by atoms with Gasteiger partial charge in [-0.1, -0.05) is 0 Å². The molecule has 0 atom stereocenters. The zero-order valence-corrected chi connectivity index (χ0v) is 8.23. The van der Waals surface area contributed by atoms with Crippen LogP contribution in [0, 0.1) is 0 Å². The predicted octanol–water partition coefficient (Wildman–Crippen LogP) is -0.532. The normalized spacial score (nSPS) is 18.8. The van der Waals surface area contributed by atoms with Crippen molar-refractivity contribution in [1.29, 1.82) is 0 Å². The second kappa shape index (κ2) is 4.95. The SMILES string of the molecule is CC=[N+]1C=CN(C)C1.O=S(=O)([O-])O. The molecule has 0 saturated carbocycles. The van der Waals surface area contributed by atoms with Crippen molar-refractivity contribution in [2.75, 3.05) is 13.7 Å². The topological polar surface area (TPSA) is 83.7 Å². The summed E-state index contributed by atoms with van der Waals surface area (Å²) in [7, 11) is -2.86. The quantitative estimate of drug-likeness (QED) is 0.328. The van der Waals surface area contributed by atoms with Crippen LogP contribution >= 0.6 is 0 Å². The second-order valence-corrected chi connectivity index (χ2v) is 3.25. The van der Waals surface area contributed by atoms with Gasteiger partial charge in [0, 0.05) is 14.0 Å². The molecule has 0 saturated heterocycles.